The van der Waals surface area contributed by atoms with E-state index in [0.29, 0.717) is 21.9 Å². The van der Waals surface area contributed by atoms with E-state index in [2.05, 4.69) is 0 Å². The summed E-state index contributed by atoms with van der Waals surface area (Å²) in [7, 11) is -5.73. The average Bonchev–Trinajstić information content (AvgIpc) is 3.28. The predicted octanol–water partition coefficient (Wildman–Crippen LogP) is 3.94. The number of benzene rings is 2. The molecular formula is C20H18FN2O7PS2. The van der Waals surface area contributed by atoms with Crippen LogP contribution in [0.4, 0.5) is 4.39 Å². The molecular weight excluding hydrogens is 494 g/mol. The first kappa shape index (κ1) is 24.7. The molecule has 0 bridgehead atoms. The third kappa shape index (κ3) is 5.71. The lowest BCUT2D eigenvalue weighted by Gasteiger charge is -2.14. The number of hydrogen-bond donors (Lipinski definition) is 2. The van der Waals surface area contributed by atoms with Crippen LogP contribution < -0.4 is 18.7 Å². The van der Waals surface area contributed by atoms with Gasteiger partial charge in [-0.2, -0.15) is 9.98 Å². The fraction of sp³-hybridized carbons (Fsp3) is 0.150. The Morgan fingerprint density at radius 2 is 1.94 bits per heavy atom. The van der Waals surface area contributed by atoms with E-state index in [9.17, 15) is 22.3 Å². The second-order valence-electron chi connectivity index (χ2n) is 6.45. The van der Waals surface area contributed by atoms with Crippen molar-refractivity contribution >= 4 is 29.0 Å². The van der Waals surface area contributed by atoms with Gasteiger partial charge in [-0.15, -0.1) is 11.3 Å². The largest absolute Gasteiger partial charge is 0.493 e. The first-order valence-corrected chi connectivity index (χ1v) is 13.2. The van der Waals surface area contributed by atoms with Crippen LogP contribution in [0.2, 0.25) is 0 Å². The van der Waals surface area contributed by atoms with Crippen molar-refractivity contribution in [3.63, 3.8) is 0 Å². The molecule has 0 radical (unpaired) electrons. The van der Waals surface area contributed by atoms with Crippen molar-refractivity contribution in [3.05, 3.63) is 59.9 Å². The maximum absolute atomic E-state index is 13.7. The van der Waals surface area contributed by atoms with Gasteiger partial charge in [0.1, 0.15) is 28.1 Å². The minimum Gasteiger partial charge on any atom is -0.493 e. The van der Waals surface area contributed by atoms with Gasteiger partial charge in [-0.1, -0.05) is 6.07 Å². The molecule has 1 aromatic heterocycles. The molecule has 3 rings (SSSR count). The van der Waals surface area contributed by atoms with E-state index in [1.807, 2.05) is 4.72 Å². The maximum Gasteiger partial charge on any atom is 0.391 e. The van der Waals surface area contributed by atoms with Crippen LogP contribution in [0.15, 0.2) is 52.7 Å². The number of para-hydroxylation sites is 1. The Morgan fingerprint density at radius 1 is 1.18 bits per heavy atom. The standard InChI is InChI=1S/C20H18FN2O7PS2/c1-28-17-5-3-4-15(20(17)29-2)18-8-9-19(32-18)33(26,27)23-12-31(24,25)30-14-7-6-13(11-22)16(21)10-14/h3-10,23H,12H2,1-2H3,(H,24,25). The van der Waals surface area contributed by atoms with Crippen molar-refractivity contribution in [3.8, 4) is 33.8 Å². The van der Waals surface area contributed by atoms with Crippen molar-refractivity contribution in [2.24, 2.45) is 0 Å². The molecule has 1 heterocycles. The minimum absolute atomic E-state index is 0.105. The second-order valence-corrected chi connectivity index (χ2v) is 11.3. The van der Waals surface area contributed by atoms with Gasteiger partial charge in [-0.05, 0) is 36.4 Å². The summed E-state index contributed by atoms with van der Waals surface area (Å²) in [5.41, 5.74) is 0.347. The number of thiophene rings is 1. The molecule has 0 fully saturated rings. The molecule has 0 saturated carbocycles. The summed E-state index contributed by atoms with van der Waals surface area (Å²) in [4.78, 5) is 10.6. The summed E-state index contributed by atoms with van der Waals surface area (Å²) in [6.45, 7) is 0. The molecule has 174 valence electrons. The molecule has 0 aliphatic rings. The van der Waals surface area contributed by atoms with Crippen LogP contribution >= 0.6 is 18.9 Å². The summed E-state index contributed by atoms with van der Waals surface area (Å²) in [6, 6.07) is 12.7. The van der Waals surface area contributed by atoms with E-state index in [4.69, 9.17) is 19.3 Å². The van der Waals surface area contributed by atoms with E-state index in [1.54, 1.807) is 30.3 Å². The summed E-state index contributed by atoms with van der Waals surface area (Å²) in [5.74, 6) is -0.347. The molecule has 1 unspecified atom stereocenters. The SMILES string of the molecule is COc1cccc(-c2ccc(S(=O)(=O)NCP(=O)(O)Oc3ccc(C#N)c(F)c3)s2)c1OC. The van der Waals surface area contributed by atoms with E-state index in [1.165, 1.54) is 20.3 Å². The number of nitriles is 1. The van der Waals surface area contributed by atoms with Crippen LogP contribution in [0, 0.1) is 17.1 Å². The molecule has 0 spiro atoms. The van der Waals surface area contributed by atoms with Gasteiger partial charge >= 0.3 is 7.60 Å². The van der Waals surface area contributed by atoms with Crippen LogP contribution in [0.1, 0.15) is 5.56 Å². The lowest BCUT2D eigenvalue weighted by atomic mass is 10.1. The Kier molecular flexibility index (Phi) is 7.41. The van der Waals surface area contributed by atoms with E-state index < -0.39 is 29.7 Å². The molecule has 3 aromatic rings. The van der Waals surface area contributed by atoms with Gasteiger partial charge < -0.3 is 18.9 Å². The highest BCUT2D eigenvalue weighted by Crippen LogP contribution is 2.43. The summed E-state index contributed by atoms with van der Waals surface area (Å²) in [6.07, 6.45) is -0.952. The molecule has 1 atom stereocenters. The molecule has 0 aliphatic carbocycles. The van der Waals surface area contributed by atoms with E-state index >= 15 is 0 Å². The van der Waals surface area contributed by atoms with Crippen LogP contribution in [0.25, 0.3) is 10.4 Å². The summed E-state index contributed by atoms with van der Waals surface area (Å²) in [5, 5.41) is 8.73. The van der Waals surface area contributed by atoms with Crippen molar-refractivity contribution < 1.29 is 36.3 Å². The third-order valence-corrected chi connectivity index (χ3v) is 8.56. The highest BCUT2D eigenvalue weighted by atomic mass is 32.2. The Bertz CT molecular complexity index is 1370. The molecule has 9 nitrogen and oxygen atoms in total. The fourth-order valence-corrected chi connectivity index (χ4v) is 6.64. The Morgan fingerprint density at radius 3 is 2.58 bits per heavy atom. The first-order chi connectivity index (χ1) is 15.6. The maximum atomic E-state index is 13.7. The van der Waals surface area contributed by atoms with Gasteiger partial charge in [0.05, 0.1) is 19.8 Å². The Hall–Kier alpha value is -2.94. The number of ether oxygens (including phenoxy) is 2. The smallest absolute Gasteiger partial charge is 0.391 e. The van der Waals surface area contributed by atoms with Crippen molar-refractivity contribution in [2.45, 2.75) is 4.21 Å². The van der Waals surface area contributed by atoms with Gasteiger partial charge in [0, 0.05) is 16.5 Å². The monoisotopic (exact) mass is 512 g/mol. The topological polar surface area (TPSA) is 135 Å². The molecule has 13 heteroatoms. The molecule has 33 heavy (non-hydrogen) atoms. The highest BCUT2D eigenvalue weighted by Gasteiger charge is 2.27. The van der Waals surface area contributed by atoms with Crippen molar-refractivity contribution in [2.75, 3.05) is 20.5 Å². The quantitative estimate of drug-likeness (QED) is 0.412. The van der Waals surface area contributed by atoms with Crippen molar-refractivity contribution in [1.29, 1.82) is 5.26 Å². The zero-order chi connectivity index (χ0) is 24.2. The molecule has 2 N–H and O–H groups in total. The van der Waals surface area contributed by atoms with Gasteiger partial charge in [-0.25, -0.2) is 17.4 Å². The predicted molar refractivity (Wildman–Crippen MR) is 120 cm³/mol. The molecule has 2 aromatic carbocycles. The Labute approximate surface area is 193 Å². The molecule has 0 amide bonds. The first-order valence-electron chi connectivity index (χ1n) is 9.12. The average molecular weight is 512 g/mol. The number of halogens is 1. The van der Waals surface area contributed by atoms with Crippen LogP contribution in [0.3, 0.4) is 0 Å². The second kappa shape index (κ2) is 9.91. The fourth-order valence-electron chi connectivity index (χ4n) is 2.77. The van der Waals surface area contributed by atoms with Crippen LogP contribution in [0.5, 0.6) is 17.2 Å². The van der Waals surface area contributed by atoms with Gasteiger partial charge in [-0.3, -0.25) is 0 Å². The van der Waals surface area contributed by atoms with Crippen molar-refractivity contribution in [1.82, 2.24) is 4.72 Å². The normalized spacial score (nSPS) is 13.1. The van der Waals surface area contributed by atoms with Gasteiger partial charge in [0.15, 0.2) is 11.5 Å². The number of hydrogen-bond acceptors (Lipinski definition) is 8. The molecule has 0 saturated heterocycles. The highest BCUT2D eigenvalue weighted by molar-refractivity contribution is 7.92. The zero-order valence-corrected chi connectivity index (χ0v) is 19.8. The van der Waals surface area contributed by atoms with Crippen LogP contribution in [-0.4, -0.2) is 33.8 Å². The Balaban J connectivity index is 1.76. The van der Waals surface area contributed by atoms with Crippen LogP contribution in [-0.2, 0) is 14.6 Å². The number of methoxy groups -OCH3 is 2. The third-order valence-electron chi connectivity index (χ3n) is 4.28. The molecule has 0 aliphatic heterocycles. The lowest BCUT2D eigenvalue weighted by molar-refractivity contribution is 0.356. The summed E-state index contributed by atoms with van der Waals surface area (Å²) >= 11 is 0.924. The van der Waals surface area contributed by atoms with Gasteiger partial charge in [0.2, 0.25) is 0 Å². The number of nitrogens with one attached hydrogen (secondary N) is 1. The van der Waals surface area contributed by atoms with E-state index in [0.717, 1.165) is 29.5 Å². The summed E-state index contributed by atoms with van der Waals surface area (Å²) < 4.78 is 68.7. The zero-order valence-electron chi connectivity index (χ0n) is 17.3. The van der Waals surface area contributed by atoms with Gasteiger partial charge in [0.25, 0.3) is 10.0 Å². The number of rotatable bonds is 9. The lowest BCUT2D eigenvalue weighted by Crippen LogP contribution is -2.25. The van der Waals surface area contributed by atoms with E-state index in [-0.39, 0.29) is 15.5 Å². The number of nitrogens with zero attached hydrogens (tertiary/aromatic N) is 1. The minimum atomic E-state index is -4.52. The number of sulfonamides is 1.